The Kier molecular flexibility index (Phi) is 3.69. The smallest absolute Gasteiger partial charge is 0.133 e. The summed E-state index contributed by atoms with van der Waals surface area (Å²) >= 11 is 2.22. The van der Waals surface area contributed by atoms with Gasteiger partial charge in [-0.15, -0.1) is 0 Å². The van der Waals surface area contributed by atoms with Crippen molar-refractivity contribution in [2.24, 2.45) is 0 Å². The van der Waals surface area contributed by atoms with Crippen molar-refractivity contribution in [3.63, 3.8) is 0 Å². The van der Waals surface area contributed by atoms with E-state index in [2.05, 4.69) is 35.6 Å². The number of benzene rings is 1. The number of rotatable bonds is 3. The Labute approximate surface area is 80.9 Å². The summed E-state index contributed by atoms with van der Waals surface area (Å²) in [5.41, 5.74) is 0. The molecule has 0 atom stereocenters. The van der Waals surface area contributed by atoms with E-state index < -0.39 is 0 Å². The summed E-state index contributed by atoms with van der Waals surface area (Å²) in [5, 5.41) is 0. The lowest BCUT2D eigenvalue weighted by Crippen LogP contribution is -1.96. The second-order valence-electron chi connectivity index (χ2n) is 2.20. The second-order valence-corrected chi connectivity index (χ2v) is 3.28. The van der Waals surface area contributed by atoms with Crippen LogP contribution >= 0.6 is 22.6 Å². The van der Waals surface area contributed by atoms with Crippen molar-refractivity contribution >= 4 is 22.6 Å². The molecule has 0 fully saturated rings. The van der Waals surface area contributed by atoms with Crippen molar-refractivity contribution in [1.82, 2.24) is 0 Å². The molecule has 1 radical (unpaired) electrons. The molecule has 0 spiro atoms. The Hall–Kier alpha value is -0.250. The molecule has 0 aliphatic rings. The van der Waals surface area contributed by atoms with Crippen LogP contribution in [0.5, 0.6) is 5.75 Å². The molecule has 0 saturated carbocycles. The molecule has 0 amide bonds. The summed E-state index contributed by atoms with van der Waals surface area (Å²) in [7, 11) is 0. The maximum atomic E-state index is 5.45. The first kappa shape index (κ1) is 8.84. The Bertz CT molecular complexity index is 223. The maximum absolute atomic E-state index is 5.45. The van der Waals surface area contributed by atoms with E-state index in [1.807, 2.05) is 18.2 Å². The van der Waals surface area contributed by atoms with E-state index in [9.17, 15) is 0 Å². The Morgan fingerprint density at radius 2 is 2.45 bits per heavy atom. The minimum atomic E-state index is 0.786. The highest BCUT2D eigenvalue weighted by atomic mass is 127. The van der Waals surface area contributed by atoms with Crippen LogP contribution in [-0.4, -0.2) is 6.61 Å². The van der Waals surface area contributed by atoms with Gasteiger partial charge in [0.1, 0.15) is 5.75 Å². The number of hydrogen-bond donors (Lipinski definition) is 0. The molecule has 0 heterocycles. The summed E-state index contributed by atoms with van der Waals surface area (Å²) < 4.78 is 6.50. The van der Waals surface area contributed by atoms with E-state index in [-0.39, 0.29) is 0 Å². The molecule has 1 nitrogen and oxygen atoms in total. The van der Waals surface area contributed by atoms with Gasteiger partial charge in [0, 0.05) is 0 Å². The average molecular weight is 261 g/mol. The van der Waals surface area contributed by atoms with E-state index in [4.69, 9.17) is 4.74 Å². The normalized spacial score (nSPS) is 9.64. The lowest BCUT2D eigenvalue weighted by molar-refractivity contribution is 0.315. The van der Waals surface area contributed by atoms with E-state index in [1.165, 1.54) is 0 Å². The van der Waals surface area contributed by atoms with Crippen molar-refractivity contribution < 1.29 is 4.74 Å². The van der Waals surface area contributed by atoms with Crippen LogP contribution in [0.3, 0.4) is 0 Å². The highest BCUT2D eigenvalue weighted by Crippen LogP contribution is 2.18. The van der Waals surface area contributed by atoms with Gasteiger partial charge in [-0.1, -0.05) is 19.1 Å². The van der Waals surface area contributed by atoms with E-state index >= 15 is 0 Å². The predicted octanol–water partition coefficient (Wildman–Crippen LogP) is 2.88. The van der Waals surface area contributed by atoms with Crippen molar-refractivity contribution in [2.45, 2.75) is 13.3 Å². The third-order valence-electron chi connectivity index (χ3n) is 1.23. The summed E-state index contributed by atoms with van der Waals surface area (Å²) in [6.45, 7) is 2.88. The summed E-state index contributed by atoms with van der Waals surface area (Å²) in [6, 6.07) is 8.86. The van der Waals surface area contributed by atoms with Gasteiger partial charge in [0.15, 0.2) is 0 Å². The zero-order valence-electron chi connectivity index (χ0n) is 6.43. The largest absolute Gasteiger partial charge is 0.492 e. The SMILES string of the molecule is CCCOc1ccc[c]c1I. The van der Waals surface area contributed by atoms with Gasteiger partial charge < -0.3 is 4.74 Å². The van der Waals surface area contributed by atoms with Gasteiger partial charge in [0.2, 0.25) is 0 Å². The molecule has 1 aromatic carbocycles. The van der Waals surface area contributed by atoms with Gasteiger partial charge in [-0.05, 0) is 41.1 Å². The molecule has 59 valence electrons. The van der Waals surface area contributed by atoms with E-state index in [0.717, 1.165) is 22.3 Å². The van der Waals surface area contributed by atoms with Crippen molar-refractivity contribution in [3.05, 3.63) is 27.8 Å². The van der Waals surface area contributed by atoms with Crippen molar-refractivity contribution in [2.75, 3.05) is 6.61 Å². The number of ether oxygens (including phenoxy) is 1. The third-order valence-corrected chi connectivity index (χ3v) is 2.07. The molecule has 0 aromatic heterocycles. The number of hydrogen-bond acceptors (Lipinski definition) is 1. The first-order valence-corrected chi connectivity index (χ1v) is 4.71. The molecule has 0 aliphatic heterocycles. The minimum absolute atomic E-state index is 0.786. The van der Waals surface area contributed by atoms with Gasteiger partial charge >= 0.3 is 0 Å². The lowest BCUT2D eigenvalue weighted by atomic mass is 10.3. The van der Waals surface area contributed by atoms with Crippen LogP contribution in [0.15, 0.2) is 18.2 Å². The van der Waals surface area contributed by atoms with E-state index in [0.29, 0.717) is 0 Å². The maximum Gasteiger partial charge on any atom is 0.133 e. The molecule has 0 N–H and O–H groups in total. The van der Waals surface area contributed by atoms with Crippen LogP contribution in [0, 0.1) is 9.64 Å². The average Bonchev–Trinajstić information content (AvgIpc) is 2.03. The lowest BCUT2D eigenvalue weighted by Gasteiger charge is -2.04. The first-order valence-electron chi connectivity index (χ1n) is 3.63. The van der Waals surface area contributed by atoms with Crippen LogP contribution in [0.4, 0.5) is 0 Å². The molecule has 0 aliphatic carbocycles. The molecule has 11 heavy (non-hydrogen) atoms. The quantitative estimate of drug-likeness (QED) is 0.760. The predicted molar refractivity (Wildman–Crippen MR) is 53.8 cm³/mol. The molecular weight excluding hydrogens is 251 g/mol. The highest BCUT2D eigenvalue weighted by molar-refractivity contribution is 14.1. The molecular formula is C9H10IO. The van der Waals surface area contributed by atoms with Crippen LogP contribution in [0.1, 0.15) is 13.3 Å². The fourth-order valence-corrected chi connectivity index (χ4v) is 1.24. The molecule has 0 unspecified atom stereocenters. The topological polar surface area (TPSA) is 9.23 Å². The summed E-state index contributed by atoms with van der Waals surface area (Å²) in [5.74, 6) is 0.940. The highest BCUT2D eigenvalue weighted by Gasteiger charge is 1.96. The summed E-state index contributed by atoms with van der Waals surface area (Å²) in [4.78, 5) is 0. The first-order chi connectivity index (χ1) is 5.34. The van der Waals surface area contributed by atoms with Gasteiger partial charge in [0.25, 0.3) is 0 Å². The van der Waals surface area contributed by atoms with Crippen molar-refractivity contribution in [1.29, 1.82) is 0 Å². The van der Waals surface area contributed by atoms with Gasteiger partial charge in [0.05, 0.1) is 10.2 Å². The monoisotopic (exact) mass is 261 g/mol. The van der Waals surface area contributed by atoms with Gasteiger partial charge in [-0.2, -0.15) is 0 Å². The Morgan fingerprint density at radius 1 is 1.64 bits per heavy atom. The zero-order valence-corrected chi connectivity index (χ0v) is 8.59. The van der Waals surface area contributed by atoms with Gasteiger partial charge in [-0.3, -0.25) is 0 Å². The van der Waals surface area contributed by atoms with Crippen LogP contribution in [0.2, 0.25) is 0 Å². The van der Waals surface area contributed by atoms with Crippen molar-refractivity contribution in [3.8, 4) is 5.75 Å². The molecule has 1 rings (SSSR count). The molecule has 0 saturated heterocycles. The van der Waals surface area contributed by atoms with Crippen LogP contribution in [0.25, 0.3) is 0 Å². The van der Waals surface area contributed by atoms with Gasteiger partial charge in [-0.25, -0.2) is 0 Å². The third kappa shape index (κ3) is 2.69. The molecule has 0 bridgehead atoms. The fraction of sp³-hybridized carbons (Fsp3) is 0.333. The Morgan fingerprint density at radius 3 is 3.09 bits per heavy atom. The number of halogens is 1. The summed E-state index contributed by atoms with van der Waals surface area (Å²) in [6.07, 6.45) is 1.05. The zero-order chi connectivity index (χ0) is 8.10. The Balaban J connectivity index is 2.62. The van der Waals surface area contributed by atoms with Crippen LogP contribution < -0.4 is 4.74 Å². The van der Waals surface area contributed by atoms with Crippen LogP contribution in [-0.2, 0) is 0 Å². The minimum Gasteiger partial charge on any atom is -0.492 e. The van der Waals surface area contributed by atoms with E-state index in [1.54, 1.807) is 0 Å². The standard InChI is InChI=1S/C9H10IO/c1-2-7-11-9-6-4-3-5-8(9)10/h3-4,6H,2,7H2,1H3. The fourth-order valence-electron chi connectivity index (χ4n) is 0.725. The molecule has 2 heteroatoms. The second kappa shape index (κ2) is 4.59. The molecule has 1 aromatic rings.